The van der Waals surface area contributed by atoms with Crippen molar-refractivity contribution in [2.45, 2.75) is 32.7 Å². The number of benzene rings is 1. The topological polar surface area (TPSA) is 55.4 Å². The zero-order valence-electron chi connectivity index (χ0n) is 11.8. The summed E-state index contributed by atoms with van der Waals surface area (Å²) in [6, 6.07) is 9.03. The van der Waals surface area contributed by atoms with E-state index in [1.807, 2.05) is 44.2 Å². The van der Waals surface area contributed by atoms with Crippen LogP contribution >= 0.6 is 0 Å². The van der Waals surface area contributed by atoms with Gasteiger partial charge in [0, 0.05) is 12.8 Å². The Morgan fingerprint density at radius 3 is 2.16 bits per heavy atom. The van der Waals surface area contributed by atoms with Gasteiger partial charge in [0.2, 0.25) is 5.91 Å². The van der Waals surface area contributed by atoms with Crippen LogP contribution in [0.5, 0.6) is 0 Å². The minimum Gasteiger partial charge on any atom is -0.467 e. The first-order valence-electron chi connectivity index (χ1n) is 6.37. The van der Waals surface area contributed by atoms with E-state index in [9.17, 15) is 9.59 Å². The van der Waals surface area contributed by atoms with E-state index in [-0.39, 0.29) is 17.7 Å². The van der Waals surface area contributed by atoms with Gasteiger partial charge >= 0.3 is 5.97 Å². The number of methoxy groups -OCH3 is 1. The highest BCUT2D eigenvalue weighted by Gasteiger charge is 2.33. The quantitative estimate of drug-likeness (QED) is 0.828. The molecule has 1 aromatic carbocycles. The Kier molecular flexibility index (Phi) is 5.55. The van der Waals surface area contributed by atoms with Crippen molar-refractivity contribution in [2.24, 2.45) is 5.92 Å². The predicted molar refractivity (Wildman–Crippen MR) is 73.6 cm³/mol. The standard InChI is InChI=1S/C15H21NO3/c1-10(2)13(12-8-6-5-7-9-12)14(15(18)19-4)16-11(3)17/h5-10,13-14H,1-4H3,(H,16,17)/t13-,14-/m0/s1. The van der Waals surface area contributed by atoms with E-state index < -0.39 is 12.0 Å². The molecule has 0 spiro atoms. The monoisotopic (exact) mass is 263 g/mol. The molecule has 4 heteroatoms. The molecule has 0 aromatic heterocycles. The van der Waals surface area contributed by atoms with Crippen LogP contribution in [0.15, 0.2) is 30.3 Å². The fourth-order valence-corrected chi connectivity index (χ4v) is 2.28. The fourth-order valence-electron chi connectivity index (χ4n) is 2.28. The molecule has 0 bridgehead atoms. The van der Waals surface area contributed by atoms with Crippen LogP contribution in [0.2, 0.25) is 0 Å². The largest absolute Gasteiger partial charge is 0.467 e. The molecule has 1 aromatic rings. The van der Waals surface area contributed by atoms with Gasteiger partial charge in [0.25, 0.3) is 0 Å². The maximum Gasteiger partial charge on any atom is 0.329 e. The number of ether oxygens (including phenoxy) is 1. The zero-order chi connectivity index (χ0) is 14.4. The summed E-state index contributed by atoms with van der Waals surface area (Å²) in [7, 11) is 1.33. The fraction of sp³-hybridized carbons (Fsp3) is 0.467. The molecule has 1 N–H and O–H groups in total. The summed E-state index contributed by atoms with van der Waals surface area (Å²) < 4.78 is 4.81. The van der Waals surface area contributed by atoms with E-state index in [0.717, 1.165) is 5.56 Å². The predicted octanol–water partition coefficient (Wildman–Crippen LogP) is 2.10. The van der Waals surface area contributed by atoms with Crippen molar-refractivity contribution >= 4 is 11.9 Å². The molecule has 4 nitrogen and oxygen atoms in total. The first kappa shape index (κ1) is 15.2. The Morgan fingerprint density at radius 2 is 1.74 bits per heavy atom. The highest BCUT2D eigenvalue weighted by atomic mass is 16.5. The summed E-state index contributed by atoms with van der Waals surface area (Å²) in [5.74, 6) is -0.578. The van der Waals surface area contributed by atoms with Gasteiger partial charge in [-0.05, 0) is 11.5 Å². The summed E-state index contributed by atoms with van der Waals surface area (Å²) in [5.41, 5.74) is 1.02. The zero-order valence-corrected chi connectivity index (χ0v) is 11.8. The number of amides is 1. The Hall–Kier alpha value is -1.84. The Balaban J connectivity index is 3.12. The first-order chi connectivity index (χ1) is 8.97. The summed E-state index contributed by atoms with van der Waals surface area (Å²) in [5, 5.41) is 2.70. The molecular weight excluding hydrogens is 242 g/mol. The minimum absolute atomic E-state index is 0.113. The Morgan fingerprint density at radius 1 is 1.16 bits per heavy atom. The van der Waals surface area contributed by atoms with Crippen LogP contribution in [-0.4, -0.2) is 25.0 Å². The molecule has 1 amide bonds. The van der Waals surface area contributed by atoms with E-state index in [1.165, 1.54) is 14.0 Å². The molecule has 0 unspecified atom stereocenters. The van der Waals surface area contributed by atoms with Crippen molar-refractivity contribution in [3.63, 3.8) is 0 Å². The number of carbonyl (C=O) groups is 2. The SMILES string of the molecule is COC(=O)[C@@H](NC(C)=O)[C@H](c1ccccc1)C(C)C. The molecule has 0 aliphatic rings. The van der Waals surface area contributed by atoms with Crippen molar-refractivity contribution in [2.75, 3.05) is 7.11 Å². The van der Waals surface area contributed by atoms with Gasteiger partial charge in [-0.25, -0.2) is 4.79 Å². The summed E-state index contributed by atoms with van der Waals surface area (Å²) >= 11 is 0. The third-order valence-corrected chi connectivity index (χ3v) is 3.08. The van der Waals surface area contributed by atoms with Crippen LogP contribution in [0, 0.1) is 5.92 Å². The lowest BCUT2D eigenvalue weighted by Gasteiger charge is -2.29. The molecule has 0 aliphatic carbocycles. The summed E-state index contributed by atoms with van der Waals surface area (Å²) in [6.07, 6.45) is 0. The van der Waals surface area contributed by atoms with Gasteiger partial charge in [-0.3, -0.25) is 4.79 Å². The van der Waals surface area contributed by atoms with Crippen LogP contribution in [0.4, 0.5) is 0 Å². The van der Waals surface area contributed by atoms with Crippen LogP contribution in [0.3, 0.4) is 0 Å². The van der Waals surface area contributed by atoms with E-state index in [2.05, 4.69) is 5.32 Å². The number of esters is 1. The second-order valence-electron chi connectivity index (χ2n) is 4.88. The summed E-state index contributed by atoms with van der Waals surface area (Å²) in [4.78, 5) is 23.2. The van der Waals surface area contributed by atoms with Crippen molar-refractivity contribution < 1.29 is 14.3 Å². The number of hydrogen-bond donors (Lipinski definition) is 1. The number of carbonyl (C=O) groups excluding carboxylic acids is 2. The van der Waals surface area contributed by atoms with Gasteiger partial charge in [0.1, 0.15) is 6.04 Å². The maximum absolute atomic E-state index is 11.9. The molecule has 19 heavy (non-hydrogen) atoms. The molecule has 0 heterocycles. The Labute approximate surface area is 114 Å². The second-order valence-corrected chi connectivity index (χ2v) is 4.88. The maximum atomic E-state index is 11.9. The highest BCUT2D eigenvalue weighted by molar-refractivity contribution is 5.84. The molecule has 2 atom stereocenters. The lowest BCUT2D eigenvalue weighted by Crippen LogP contribution is -2.46. The first-order valence-corrected chi connectivity index (χ1v) is 6.37. The molecule has 0 radical (unpaired) electrons. The van der Waals surface area contributed by atoms with Crippen molar-refractivity contribution in [1.82, 2.24) is 5.32 Å². The molecule has 0 aliphatic heterocycles. The normalized spacial score (nSPS) is 13.7. The van der Waals surface area contributed by atoms with Gasteiger partial charge in [0.05, 0.1) is 7.11 Å². The average molecular weight is 263 g/mol. The minimum atomic E-state index is -0.662. The van der Waals surface area contributed by atoms with E-state index in [4.69, 9.17) is 4.74 Å². The van der Waals surface area contributed by atoms with Crippen molar-refractivity contribution in [3.8, 4) is 0 Å². The van der Waals surface area contributed by atoms with Gasteiger partial charge in [-0.1, -0.05) is 44.2 Å². The molecule has 0 saturated carbocycles. The van der Waals surface area contributed by atoms with Crippen molar-refractivity contribution in [1.29, 1.82) is 0 Å². The van der Waals surface area contributed by atoms with Crippen LogP contribution < -0.4 is 5.32 Å². The molecular formula is C15H21NO3. The second kappa shape index (κ2) is 6.92. The smallest absolute Gasteiger partial charge is 0.329 e. The van der Waals surface area contributed by atoms with Crippen molar-refractivity contribution in [3.05, 3.63) is 35.9 Å². The summed E-state index contributed by atoms with van der Waals surface area (Å²) in [6.45, 7) is 5.45. The highest BCUT2D eigenvalue weighted by Crippen LogP contribution is 2.28. The third kappa shape index (κ3) is 4.09. The van der Waals surface area contributed by atoms with Gasteiger partial charge in [-0.2, -0.15) is 0 Å². The van der Waals surface area contributed by atoms with Gasteiger partial charge in [0.15, 0.2) is 0 Å². The van der Waals surface area contributed by atoms with Crippen LogP contribution in [0.25, 0.3) is 0 Å². The van der Waals surface area contributed by atoms with Crippen LogP contribution in [0.1, 0.15) is 32.3 Å². The van der Waals surface area contributed by atoms with E-state index in [0.29, 0.717) is 0 Å². The van der Waals surface area contributed by atoms with E-state index in [1.54, 1.807) is 0 Å². The molecule has 0 fully saturated rings. The van der Waals surface area contributed by atoms with Gasteiger partial charge < -0.3 is 10.1 Å². The number of rotatable bonds is 5. The molecule has 104 valence electrons. The lowest BCUT2D eigenvalue weighted by molar-refractivity contribution is -0.146. The van der Waals surface area contributed by atoms with Crippen LogP contribution in [-0.2, 0) is 14.3 Å². The lowest BCUT2D eigenvalue weighted by atomic mass is 9.82. The third-order valence-electron chi connectivity index (χ3n) is 3.08. The number of hydrogen-bond acceptors (Lipinski definition) is 3. The average Bonchev–Trinajstić information content (AvgIpc) is 2.37. The molecule has 0 saturated heterocycles. The van der Waals surface area contributed by atoms with Gasteiger partial charge in [-0.15, -0.1) is 0 Å². The molecule has 1 rings (SSSR count). The number of nitrogens with one attached hydrogen (secondary N) is 1. The Bertz CT molecular complexity index is 428. The van der Waals surface area contributed by atoms with E-state index >= 15 is 0 Å².